The van der Waals surface area contributed by atoms with Gasteiger partial charge in [0, 0.05) is 37.2 Å². The Hall–Kier alpha value is -1.30. The van der Waals surface area contributed by atoms with Crippen molar-refractivity contribution < 1.29 is 9.47 Å². The Labute approximate surface area is 156 Å². The summed E-state index contributed by atoms with van der Waals surface area (Å²) in [7, 11) is 0. The average molecular weight is 368 g/mol. The van der Waals surface area contributed by atoms with E-state index in [0.717, 1.165) is 68.9 Å². The number of nitrogens with one attached hydrogen (secondary N) is 2. The molecule has 2 N–H and O–H groups in total. The maximum absolute atomic E-state index is 6.07. The summed E-state index contributed by atoms with van der Waals surface area (Å²) in [6.07, 6.45) is 2.03. The van der Waals surface area contributed by atoms with Gasteiger partial charge in [0.1, 0.15) is 0 Å². The Morgan fingerprint density at radius 1 is 1.48 bits per heavy atom. The Balaban J connectivity index is 1.71. The predicted octanol–water partition coefficient (Wildman–Crippen LogP) is 3.40. The second-order valence-corrected chi connectivity index (χ2v) is 6.78. The molecule has 0 saturated carbocycles. The van der Waals surface area contributed by atoms with E-state index in [4.69, 9.17) is 21.1 Å². The zero-order chi connectivity index (χ0) is 17.9. The highest BCUT2D eigenvalue weighted by molar-refractivity contribution is 6.30. The van der Waals surface area contributed by atoms with Gasteiger partial charge in [-0.2, -0.15) is 0 Å². The number of nitrogens with zero attached hydrogens (tertiary/aromatic N) is 1. The van der Waals surface area contributed by atoms with Crippen LogP contribution in [0.1, 0.15) is 38.3 Å². The minimum Gasteiger partial charge on any atom is -0.381 e. The highest BCUT2D eigenvalue weighted by Gasteiger charge is 2.15. The largest absolute Gasteiger partial charge is 0.381 e. The summed E-state index contributed by atoms with van der Waals surface area (Å²) in [6.45, 7) is 8.98. The van der Waals surface area contributed by atoms with E-state index in [9.17, 15) is 0 Å². The van der Waals surface area contributed by atoms with Crippen LogP contribution in [-0.4, -0.2) is 45.5 Å². The number of rotatable bonds is 9. The van der Waals surface area contributed by atoms with Crippen LogP contribution in [0.5, 0.6) is 0 Å². The lowest BCUT2D eigenvalue weighted by Crippen LogP contribution is -2.38. The van der Waals surface area contributed by atoms with Crippen molar-refractivity contribution in [2.75, 3.05) is 39.5 Å². The molecule has 2 unspecified atom stereocenters. The van der Waals surface area contributed by atoms with Crippen molar-refractivity contribution in [2.45, 2.75) is 32.7 Å². The molecule has 5 nitrogen and oxygen atoms in total. The first-order chi connectivity index (χ1) is 12.2. The second kappa shape index (κ2) is 11.3. The van der Waals surface area contributed by atoms with Crippen LogP contribution in [0.15, 0.2) is 29.3 Å². The van der Waals surface area contributed by atoms with Crippen LogP contribution in [-0.2, 0) is 9.47 Å². The fourth-order valence-electron chi connectivity index (χ4n) is 2.71. The first-order valence-corrected chi connectivity index (χ1v) is 9.52. The summed E-state index contributed by atoms with van der Waals surface area (Å²) < 4.78 is 11.1. The molecule has 0 bridgehead atoms. The van der Waals surface area contributed by atoms with Crippen LogP contribution in [0.3, 0.4) is 0 Å². The topological polar surface area (TPSA) is 54.9 Å². The molecule has 0 aromatic heterocycles. The van der Waals surface area contributed by atoms with Gasteiger partial charge in [0.2, 0.25) is 0 Å². The molecule has 2 rings (SSSR count). The van der Waals surface area contributed by atoms with Crippen molar-refractivity contribution in [1.29, 1.82) is 0 Å². The maximum atomic E-state index is 6.07. The molecule has 1 aromatic rings. The van der Waals surface area contributed by atoms with Crippen LogP contribution < -0.4 is 10.6 Å². The normalized spacial score (nSPS) is 19.0. The Bertz CT molecular complexity index is 533. The number of aliphatic imine (C=N–C) groups is 1. The third-order valence-corrected chi connectivity index (χ3v) is 4.38. The van der Waals surface area contributed by atoms with Crippen LogP contribution in [0.25, 0.3) is 0 Å². The molecule has 140 valence electrons. The third-order valence-electron chi connectivity index (χ3n) is 4.14. The first-order valence-electron chi connectivity index (χ1n) is 9.14. The number of benzene rings is 1. The van der Waals surface area contributed by atoms with Crippen molar-refractivity contribution in [3.63, 3.8) is 0 Å². The standard InChI is InChI=1S/C19H30ClN3O2/c1-3-21-19(23-15(2)17-6-4-7-18(20)12-17)22-9-5-10-24-13-16-8-11-25-14-16/h4,6-7,12,15-16H,3,5,8-11,13-14H2,1-2H3,(H2,21,22,23). The minimum atomic E-state index is 0.134. The van der Waals surface area contributed by atoms with E-state index >= 15 is 0 Å². The fourth-order valence-corrected chi connectivity index (χ4v) is 2.91. The van der Waals surface area contributed by atoms with Crippen molar-refractivity contribution >= 4 is 17.6 Å². The van der Waals surface area contributed by atoms with Gasteiger partial charge in [0.05, 0.1) is 19.3 Å². The Morgan fingerprint density at radius 2 is 2.36 bits per heavy atom. The van der Waals surface area contributed by atoms with E-state index in [-0.39, 0.29) is 6.04 Å². The van der Waals surface area contributed by atoms with E-state index in [0.29, 0.717) is 5.92 Å². The van der Waals surface area contributed by atoms with Gasteiger partial charge in [0.25, 0.3) is 0 Å². The Morgan fingerprint density at radius 3 is 3.08 bits per heavy atom. The van der Waals surface area contributed by atoms with E-state index in [2.05, 4.69) is 35.5 Å². The van der Waals surface area contributed by atoms with Gasteiger partial charge in [-0.1, -0.05) is 23.7 Å². The van der Waals surface area contributed by atoms with Gasteiger partial charge in [-0.3, -0.25) is 4.99 Å². The van der Waals surface area contributed by atoms with Crippen LogP contribution in [0, 0.1) is 5.92 Å². The first kappa shape index (κ1) is 20.0. The molecule has 2 atom stereocenters. The van der Waals surface area contributed by atoms with E-state index < -0.39 is 0 Å². The lowest BCUT2D eigenvalue weighted by Gasteiger charge is -2.18. The second-order valence-electron chi connectivity index (χ2n) is 6.34. The van der Waals surface area contributed by atoms with Crippen molar-refractivity contribution in [3.8, 4) is 0 Å². The van der Waals surface area contributed by atoms with Gasteiger partial charge in [-0.05, 0) is 44.4 Å². The summed E-state index contributed by atoms with van der Waals surface area (Å²) in [5.74, 6) is 1.39. The molecular weight excluding hydrogens is 338 g/mol. The summed E-state index contributed by atoms with van der Waals surface area (Å²) >= 11 is 6.07. The van der Waals surface area contributed by atoms with Crippen molar-refractivity contribution in [1.82, 2.24) is 10.6 Å². The average Bonchev–Trinajstić information content (AvgIpc) is 3.11. The lowest BCUT2D eigenvalue weighted by molar-refractivity contribution is 0.0893. The van der Waals surface area contributed by atoms with Crippen molar-refractivity contribution in [3.05, 3.63) is 34.9 Å². The molecule has 1 heterocycles. The molecule has 25 heavy (non-hydrogen) atoms. The zero-order valence-corrected chi connectivity index (χ0v) is 16.0. The molecule has 0 aliphatic carbocycles. The maximum Gasteiger partial charge on any atom is 0.191 e. The highest BCUT2D eigenvalue weighted by atomic mass is 35.5. The summed E-state index contributed by atoms with van der Waals surface area (Å²) in [4.78, 5) is 4.63. The van der Waals surface area contributed by atoms with Gasteiger partial charge in [-0.25, -0.2) is 0 Å². The molecule has 1 aliphatic heterocycles. The van der Waals surface area contributed by atoms with E-state index in [1.165, 1.54) is 0 Å². The third kappa shape index (κ3) is 7.63. The van der Waals surface area contributed by atoms with Gasteiger partial charge < -0.3 is 20.1 Å². The van der Waals surface area contributed by atoms with Crippen molar-refractivity contribution in [2.24, 2.45) is 10.9 Å². The molecule has 1 fully saturated rings. The van der Waals surface area contributed by atoms with Gasteiger partial charge >= 0.3 is 0 Å². The van der Waals surface area contributed by atoms with Gasteiger partial charge in [-0.15, -0.1) is 0 Å². The van der Waals surface area contributed by atoms with Crippen LogP contribution in [0.2, 0.25) is 5.02 Å². The molecule has 1 aliphatic rings. The minimum absolute atomic E-state index is 0.134. The fraction of sp³-hybridized carbons (Fsp3) is 0.632. The summed E-state index contributed by atoms with van der Waals surface area (Å²) in [5.41, 5.74) is 1.14. The molecule has 1 aromatic carbocycles. The zero-order valence-electron chi connectivity index (χ0n) is 15.3. The molecule has 0 spiro atoms. The van der Waals surface area contributed by atoms with Crippen LogP contribution in [0.4, 0.5) is 0 Å². The monoisotopic (exact) mass is 367 g/mol. The molecule has 6 heteroatoms. The molecule has 1 saturated heterocycles. The summed E-state index contributed by atoms with van der Waals surface area (Å²) in [6, 6.07) is 8.02. The van der Waals surface area contributed by atoms with E-state index in [1.807, 2.05) is 18.2 Å². The number of hydrogen-bond donors (Lipinski definition) is 2. The predicted molar refractivity (Wildman–Crippen MR) is 103 cm³/mol. The smallest absolute Gasteiger partial charge is 0.191 e. The quantitative estimate of drug-likeness (QED) is 0.399. The summed E-state index contributed by atoms with van der Waals surface area (Å²) in [5, 5.41) is 7.45. The molecule has 0 radical (unpaired) electrons. The van der Waals surface area contributed by atoms with Crippen LogP contribution >= 0.6 is 11.6 Å². The number of halogens is 1. The Kier molecular flexibility index (Phi) is 9.08. The SMILES string of the molecule is CCNC(=NCCCOCC1CCOC1)NC(C)c1cccc(Cl)c1. The molecule has 0 amide bonds. The van der Waals surface area contributed by atoms with Gasteiger partial charge in [0.15, 0.2) is 5.96 Å². The lowest BCUT2D eigenvalue weighted by atomic mass is 10.1. The number of guanidine groups is 1. The van der Waals surface area contributed by atoms with E-state index in [1.54, 1.807) is 0 Å². The highest BCUT2D eigenvalue weighted by Crippen LogP contribution is 2.17. The molecular formula is C19H30ClN3O2. The number of ether oxygens (including phenoxy) is 2. The number of hydrogen-bond acceptors (Lipinski definition) is 3.